The van der Waals surface area contributed by atoms with Gasteiger partial charge in [0.1, 0.15) is 0 Å². The number of benzene rings is 1. The fraction of sp³-hybridized carbons (Fsp3) is 0.500. The molecule has 0 saturated carbocycles. The number of nitrogens with one attached hydrogen (secondary N) is 1. The first-order valence-electron chi connectivity index (χ1n) is 8.63. The molecule has 0 unspecified atom stereocenters. The predicted octanol–water partition coefficient (Wildman–Crippen LogP) is 0.737. The third kappa shape index (κ3) is 5.86. The number of hydrogen-bond donors (Lipinski definition) is 2. The molecule has 1 atom stereocenters. The lowest BCUT2D eigenvalue weighted by Gasteiger charge is -2.37. The molecule has 1 aromatic carbocycles. The zero-order valence-corrected chi connectivity index (χ0v) is 14.6. The van der Waals surface area contributed by atoms with Crippen molar-refractivity contribution < 1.29 is 14.4 Å². The van der Waals surface area contributed by atoms with Crippen LogP contribution < -0.4 is 11.1 Å². The summed E-state index contributed by atoms with van der Waals surface area (Å²) < 4.78 is 0. The molecule has 3 N–H and O–H groups in total. The fourth-order valence-corrected chi connectivity index (χ4v) is 3.00. The molecule has 4 amide bonds. The maximum atomic E-state index is 12.3. The first-order chi connectivity index (χ1) is 12.0. The Balaban J connectivity index is 1.71. The van der Waals surface area contributed by atoms with Gasteiger partial charge >= 0.3 is 6.03 Å². The van der Waals surface area contributed by atoms with Crippen molar-refractivity contribution in [3.8, 4) is 0 Å². The van der Waals surface area contributed by atoms with Gasteiger partial charge in [-0.2, -0.15) is 0 Å². The van der Waals surface area contributed by atoms with Crippen LogP contribution in [0.25, 0.3) is 0 Å². The van der Waals surface area contributed by atoms with Crippen molar-refractivity contribution in [2.24, 2.45) is 5.73 Å². The van der Waals surface area contributed by atoms with Gasteiger partial charge < -0.3 is 10.6 Å². The molecule has 1 aliphatic heterocycles. The predicted molar refractivity (Wildman–Crippen MR) is 94.7 cm³/mol. The van der Waals surface area contributed by atoms with Crippen LogP contribution in [0.2, 0.25) is 0 Å². The highest BCUT2D eigenvalue weighted by Crippen LogP contribution is 2.10. The number of amides is 4. The maximum Gasteiger partial charge on any atom is 0.318 e. The molecule has 7 heteroatoms. The van der Waals surface area contributed by atoms with E-state index in [1.165, 1.54) is 5.56 Å². The van der Waals surface area contributed by atoms with Crippen molar-refractivity contribution in [2.75, 3.05) is 26.2 Å². The summed E-state index contributed by atoms with van der Waals surface area (Å²) >= 11 is 0. The molecule has 0 bridgehead atoms. The van der Waals surface area contributed by atoms with Crippen molar-refractivity contribution >= 4 is 17.8 Å². The third-order valence-corrected chi connectivity index (χ3v) is 4.54. The fourth-order valence-electron chi connectivity index (χ4n) is 3.00. The van der Waals surface area contributed by atoms with Crippen LogP contribution in [-0.4, -0.2) is 59.9 Å². The summed E-state index contributed by atoms with van der Waals surface area (Å²) in [5.74, 6) is -0.250. The Morgan fingerprint density at radius 3 is 2.36 bits per heavy atom. The highest BCUT2D eigenvalue weighted by molar-refractivity contribution is 5.96. The summed E-state index contributed by atoms with van der Waals surface area (Å²) in [6.45, 7) is 4.14. The van der Waals surface area contributed by atoms with Gasteiger partial charge in [0.2, 0.25) is 11.8 Å². The van der Waals surface area contributed by atoms with E-state index in [4.69, 9.17) is 5.73 Å². The molecule has 7 nitrogen and oxygen atoms in total. The summed E-state index contributed by atoms with van der Waals surface area (Å²) in [4.78, 5) is 38.7. The molecule has 0 radical (unpaired) electrons. The van der Waals surface area contributed by atoms with Crippen molar-refractivity contribution in [3.63, 3.8) is 0 Å². The largest absolute Gasteiger partial charge is 0.351 e. The van der Waals surface area contributed by atoms with Gasteiger partial charge in [-0.15, -0.1) is 0 Å². The second-order valence-corrected chi connectivity index (χ2v) is 6.29. The van der Waals surface area contributed by atoms with Gasteiger partial charge in [0.25, 0.3) is 0 Å². The number of rotatable bonds is 6. The summed E-state index contributed by atoms with van der Waals surface area (Å²) in [7, 11) is 0. The van der Waals surface area contributed by atoms with Gasteiger partial charge in [-0.3, -0.25) is 19.8 Å². The van der Waals surface area contributed by atoms with Crippen LogP contribution in [-0.2, 0) is 16.0 Å². The van der Waals surface area contributed by atoms with Crippen LogP contribution in [0.1, 0.15) is 25.3 Å². The molecule has 25 heavy (non-hydrogen) atoms. The zero-order chi connectivity index (χ0) is 18.2. The van der Waals surface area contributed by atoms with Crippen LogP contribution in [0, 0.1) is 0 Å². The van der Waals surface area contributed by atoms with Crippen molar-refractivity contribution in [2.45, 2.75) is 32.2 Å². The van der Waals surface area contributed by atoms with E-state index in [1.807, 2.05) is 28.0 Å². The number of hydrogen-bond acceptors (Lipinski definition) is 4. The Morgan fingerprint density at radius 2 is 1.76 bits per heavy atom. The average molecular weight is 346 g/mol. The van der Waals surface area contributed by atoms with E-state index in [2.05, 4.69) is 17.4 Å². The molecule has 1 aromatic rings. The molecule has 2 rings (SSSR count). The Kier molecular flexibility index (Phi) is 6.94. The third-order valence-electron chi connectivity index (χ3n) is 4.54. The van der Waals surface area contributed by atoms with Crippen molar-refractivity contribution in [1.82, 2.24) is 15.1 Å². The van der Waals surface area contributed by atoms with Gasteiger partial charge in [0.15, 0.2) is 0 Å². The molecular formula is C18H26N4O3. The summed E-state index contributed by atoms with van der Waals surface area (Å²) in [6.07, 6.45) is 2.27. The van der Waals surface area contributed by atoms with E-state index in [0.29, 0.717) is 32.6 Å². The van der Waals surface area contributed by atoms with E-state index >= 15 is 0 Å². The van der Waals surface area contributed by atoms with Crippen LogP contribution in [0.15, 0.2) is 30.3 Å². The van der Waals surface area contributed by atoms with Crippen LogP contribution >= 0.6 is 0 Å². The highest BCUT2D eigenvalue weighted by atomic mass is 16.2. The minimum atomic E-state index is -0.843. The molecule has 0 aromatic heterocycles. The first-order valence-corrected chi connectivity index (χ1v) is 8.63. The molecule has 1 fully saturated rings. The van der Waals surface area contributed by atoms with E-state index in [9.17, 15) is 14.4 Å². The smallest absolute Gasteiger partial charge is 0.318 e. The molecule has 136 valence electrons. The van der Waals surface area contributed by atoms with Gasteiger partial charge in [-0.1, -0.05) is 30.3 Å². The van der Waals surface area contributed by atoms with Crippen molar-refractivity contribution in [3.05, 3.63) is 35.9 Å². The molecule has 0 spiro atoms. The van der Waals surface area contributed by atoms with Crippen LogP contribution in [0.4, 0.5) is 4.79 Å². The highest BCUT2D eigenvalue weighted by Gasteiger charge is 2.27. The second-order valence-electron chi connectivity index (χ2n) is 6.29. The molecular weight excluding hydrogens is 320 g/mol. The Hall–Kier alpha value is -2.41. The van der Waals surface area contributed by atoms with E-state index < -0.39 is 18.0 Å². The number of aryl methyl sites for hydroxylation is 1. The summed E-state index contributed by atoms with van der Waals surface area (Å²) in [5.41, 5.74) is 6.21. The molecule has 1 aliphatic rings. The van der Waals surface area contributed by atoms with Gasteiger partial charge in [-0.25, -0.2) is 4.79 Å². The molecule has 1 heterocycles. The number of carbonyl (C=O) groups excluding carboxylic acids is 3. The Labute approximate surface area is 148 Å². The lowest BCUT2D eigenvalue weighted by atomic mass is 10.1. The summed E-state index contributed by atoms with van der Waals surface area (Å²) in [5, 5.41) is 2.09. The van der Waals surface area contributed by atoms with E-state index in [0.717, 1.165) is 12.8 Å². The SMILES string of the molecule is C[C@H](C(=O)NC(N)=O)N1CCN(C(=O)CCCc2ccccc2)CC1. The topological polar surface area (TPSA) is 95.7 Å². The Bertz CT molecular complexity index is 598. The van der Waals surface area contributed by atoms with E-state index in [-0.39, 0.29) is 5.91 Å². The Morgan fingerprint density at radius 1 is 1.12 bits per heavy atom. The normalized spacial score (nSPS) is 16.3. The number of nitrogens with two attached hydrogens (primary N) is 1. The number of urea groups is 1. The standard InChI is InChI=1S/C18H26N4O3/c1-14(17(24)20-18(19)25)21-10-12-22(13-11-21)16(23)9-5-8-15-6-3-2-4-7-15/h2-4,6-7,14H,5,8-13H2,1H3,(H3,19,20,24,25)/t14-/m1/s1. The number of primary amides is 1. The zero-order valence-electron chi connectivity index (χ0n) is 14.6. The number of nitrogens with zero attached hydrogens (tertiary/aromatic N) is 2. The van der Waals surface area contributed by atoms with Crippen LogP contribution in [0.3, 0.4) is 0 Å². The van der Waals surface area contributed by atoms with Crippen LogP contribution in [0.5, 0.6) is 0 Å². The van der Waals surface area contributed by atoms with Crippen molar-refractivity contribution in [1.29, 1.82) is 0 Å². The van der Waals surface area contributed by atoms with Gasteiger partial charge in [-0.05, 0) is 25.3 Å². The average Bonchev–Trinajstić information content (AvgIpc) is 2.61. The number of carbonyl (C=O) groups is 3. The van der Waals surface area contributed by atoms with Gasteiger partial charge in [0.05, 0.1) is 6.04 Å². The molecule has 0 aliphatic carbocycles. The van der Waals surface area contributed by atoms with E-state index in [1.54, 1.807) is 6.92 Å². The molecule has 1 saturated heterocycles. The first kappa shape index (κ1) is 18.9. The minimum absolute atomic E-state index is 0.157. The maximum absolute atomic E-state index is 12.3. The lowest BCUT2D eigenvalue weighted by molar-refractivity contribution is -0.134. The quantitative estimate of drug-likeness (QED) is 0.794. The number of imide groups is 1. The second kappa shape index (κ2) is 9.17. The monoisotopic (exact) mass is 346 g/mol. The lowest BCUT2D eigenvalue weighted by Crippen LogP contribution is -2.55. The minimum Gasteiger partial charge on any atom is -0.351 e. The summed E-state index contributed by atoms with van der Waals surface area (Å²) in [6, 6.07) is 8.85. The van der Waals surface area contributed by atoms with Gasteiger partial charge in [0, 0.05) is 32.6 Å². The number of piperazine rings is 1.